The zero-order valence-electron chi connectivity index (χ0n) is 11.8. The van der Waals surface area contributed by atoms with Crippen molar-refractivity contribution in [2.24, 2.45) is 0 Å². The molecule has 4 nitrogen and oxygen atoms in total. The Balaban J connectivity index is 2.03. The van der Waals surface area contributed by atoms with Crippen LogP contribution in [0.3, 0.4) is 0 Å². The van der Waals surface area contributed by atoms with E-state index in [1.54, 1.807) is 0 Å². The largest absolute Gasteiger partial charge is 0.437 e. The van der Waals surface area contributed by atoms with Crippen molar-refractivity contribution in [2.45, 2.75) is 44.5 Å². The summed E-state index contributed by atoms with van der Waals surface area (Å²) in [4.78, 5) is 14.2. The van der Waals surface area contributed by atoms with Gasteiger partial charge >= 0.3 is 5.97 Å². The standard InChI is InChI=1S/C15H18N2O2S/c1-14(2)9-15(3)17(13(20)16-14)11(12(18)19-15)10-7-5-4-6-8-10/h4-8,11H,9H2,1-3H3,(H,16,20)/t11-,15+/m0/s1. The minimum atomic E-state index is -0.677. The summed E-state index contributed by atoms with van der Waals surface area (Å²) in [5.74, 6) is -0.236. The molecular weight excluding hydrogens is 272 g/mol. The van der Waals surface area contributed by atoms with E-state index in [9.17, 15) is 4.79 Å². The zero-order valence-corrected chi connectivity index (χ0v) is 12.7. The van der Waals surface area contributed by atoms with Gasteiger partial charge in [0.2, 0.25) is 0 Å². The van der Waals surface area contributed by atoms with Gasteiger partial charge in [0, 0.05) is 12.0 Å². The maximum Gasteiger partial charge on any atom is 0.335 e. The molecule has 2 saturated heterocycles. The number of fused-ring (bicyclic) bond motifs is 1. The van der Waals surface area contributed by atoms with Crippen LogP contribution < -0.4 is 5.32 Å². The second kappa shape index (κ2) is 4.19. The summed E-state index contributed by atoms with van der Waals surface area (Å²) in [6, 6.07) is 9.17. The Morgan fingerprint density at radius 1 is 1.30 bits per heavy atom. The minimum Gasteiger partial charge on any atom is -0.437 e. The number of hydrogen-bond donors (Lipinski definition) is 1. The molecule has 1 aromatic carbocycles. The van der Waals surface area contributed by atoms with E-state index in [-0.39, 0.29) is 11.5 Å². The first kappa shape index (κ1) is 13.4. The van der Waals surface area contributed by atoms with Gasteiger partial charge in [0.05, 0.1) is 0 Å². The van der Waals surface area contributed by atoms with Crippen molar-refractivity contribution in [1.29, 1.82) is 0 Å². The Labute approximate surface area is 124 Å². The number of esters is 1. The maximum atomic E-state index is 12.4. The Morgan fingerprint density at radius 3 is 2.60 bits per heavy atom. The van der Waals surface area contributed by atoms with Crippen LogP contribution in [0.15, 0.2) is 30.3 Å². The topological polar surface area (TPSA) is 41.6 Å². The van der Waals surface area contributed by atoms with E-state index in [0.29, 0.717) is 11.5 Å². The molecule has 0 spiro atoms. The SMILES string of the molecule is CC1(C)C[C@@]2(C)OC(=O)[C@H](c3ccccc3)N2C(=S)N1. The Bertz CT molecular complexity index is 572. The van der Waals surface area contributed by atoms with Gasteiger partial charge in [-0.2, -0.15) is 0 Å². The van der Waals surface area contributed by atoms with E-state index >= 15 is 0 Å². The molecule has 2 aliphatic heterocycles. The average molecular weight is 290 g/mol. The van der Waals surface area contributed by atoms with E-state index in [2.05, 4.69) is 19.2 Å². The van der Waals surface area contributed by atoms with Crippen LogP contribution in [0.2, 0.25) is 0 Å². The highest BCUT2D eigenvalue weighted by Crippen LogP contribution is 2.44. The monoisotopic (exact) mass is 290 g/mol. The van der Waals surface area contributed by atoms with Crippen LogP contribution in [0.4, 0.5) is 0 Å². The molecule has 0 aliphatic carbocycles. The lowest BCUT2D eigenvalue weighted by atomic mass is 9.89. The molecule has 2 fully saturated rings. The number of benzene rings is 1. The molecule has 0 aromatic heterocycles. The van der Waals surface area contributed by atoms with Gasteiger partial charge in [-0.15, -0.1) is 0 Å². The van der Waals surface area contributed by atoms with Crippen LogP contribution in [0, 0.1) is 0 Å². The summed E-state index contributed by atoms with van der Waals surface area (Å²) in [5, 5.41) is 3.87. The molecule has 106 valence electrons. The van der Waals surface area contributed by atoms with Gasteiger partial charge in [-0.3, -0.25) is 4.90 Å². The van der Waals surface area contributed by atoms with Crippen molar-refractivity contribution in [2.75, 3.05) is 0 Å². The Hall–Kier alpha value is -1.62. The van der Waals surface area contributed by atoms with E-state index in [0.717, 1.165) is 5.56 Å². The number of rotatable bonds is 1. The quantitative estimate of drug-likeness (QED) is 0.635. The van der Waals surface area contributed by atoms with Gasteiger partial charge in [0.1, 0.15) is 0 Å². The summed E-state index contributed by atoms with van der Waals surface area (Å²) in [6.45, 7) is 6.06. The van der Waals surface area contributed by atoms with Gasteiger partial charge < -0.3 is 10.1 Å². The second-order valence-electron chi connectivity index (χ2n) is 6.27. The molecule has 2 heterocycles. The summed E-state index contributed by atoms with van der Waals surface area (Å²) < 4.78 is 5.69. The van der Waals surface area contributed by atoms with Crippen LogP contribution in [0.5, 0.6) is 0 Å². The molecule has 3 rings (SSSR count). The Morgan fingerprint density at radius 2 is 1.95 bits per heavy atom. The highest BCUT2D eigenvalue weighted by molar-refractivity contribution is 7.80. The number of thiocarbonyl (C=S) groups is 1. The van der Waals surface area contributed by atoms with Crippen molar-refractivity contribution in [3.8, 4) is 0 Å². The third kappa shape index (κ3) is 1.97. The van der Waals surface area contributed by atoms with E-state index in [1.807, 2.05) is 42.2 Å². The maximum absolute atomic E-state index is 12.4. The molecule has 0 bridgehead atoms. The number of carbonyl (C=O) groups is 1. The van der Waals surface area contributed by atoms with Crippen molar-refractivity contribution < 1.29 is 9.53 Å². The molecule has 2 aliphatic rings. The van der Waals surface area contributed by atoms with Crippen LogP contribution in [-0.2, 0) is 9.53 Å². The van der Waals surface area contributed by atoms with Gasteiger partial charge in [-0.05, 0) is 38.6 Å². The Kier molecular flexibility index (Phi) is 2.80. The molecule has 0 amide bonds. The third-order valence-electron chi connectivity index (χ3n) is 3.86. The second-order valence-corrected chi connectivity index (χ2v) is 6.66. The van der Waals surface area contributed by atoms with E-state index < -0.39 is 11.8 Å². The summed E-state index contributed by atoms with van der Waals surface area (Å²) >= 11 is 5.48. The molecule has 1 N–H and O–H groups in total. The lowest BCUT2D eigenvalue weighted by molar-refractivity contribution is -0.153. The smallest absolute Gasteiger partial charge is 0.335 e. The fourth-order valence-electron chi connectivity index (χ4n) is 3.29. The molecule has 0 radical (unpaired) electrons. The number of carbonyl (C=O) groups excluding carboxylic acids is 1. The first-order chi connectivity index (χ1) is 9.32. The van der Waals surface area contributed by atoms with Crippen molar-refractivity contribution in [3.63, 3.8) is 0 Å². The molecule has 1 aromatic rings. The summed E-state index contributed by atoms with van der Waals surface area (Å²) in [7, 11) is 0. The van der Waals surface area contributed by atoms with Gasteiger partial charge in [0.15, 0.2) is 16.9 Å². The number of hydrogen-bond acceptors (Lipinski definition) is 3. The zero-order chi connectivity index (χ0) is 14.5. The van der Waals surface area contributed by atoms with Crippen LogP contribution in [0.1, 0.15) is 38.8 Å². The van der Waals surface area contributed by atoms with Crippen LogP contribution in [-0.4, -0.2) is 27.2 Å². The first-order valence-corrected chi connectivity index (χ1v) is 7.13. The number of nitrogens with zero attached hydrogens (tertiary/aromatic N) is 1. The van der Waals surface area contributed by atoms with Crippen LogP contribution >= 0.6 is 12.2 Å². The normalized spacial score (nSPS) is 31.6. The molecule has 0 saturated carbocycles. The third-order valence-corrected chi connectivity index (χ3v) is 4.16. The fourth-order valence-corrected chi connectivity index (χ4v) is 3.86. The van der Waals surface area contributed by atoms with E-state index in [4.69, 9.17) is 17.0 Å². The summed E-state index contributed by atoms with van der Waals surface area (Å²) in [6.07, 6.45) is 0.690. The summed E-state index contributed by atoms with van der Waals surface area (Å²) in [5.41, 5.74) is 0.0440. The van der Waals surface area contributed by atoms with Crippen LogP contribution in [0.25, 0.3) is 0 Å². The minimum absolute atomic E-state index is 0.186. The molecule has 5 heteroatoms. The number of nitrogens with one attached hydrogen (secondary N) is 1. The van der Waals surface area contributed by atoms with Gasteiger partial charge in [0.25, 0.3) is 0 Å². The lowest BCUT2D eigenvalue weighted by Gasteiger charge is -2.48. The highest BCUT2D eigenvalue weighted by atomic mass is 32.1. The number of ether oxygens (including phenoxy) is 1. The highest BCUT2D eigenvalue weighted by Gasteiger charge is 2.57. The predicted octanol–water partition coefficient (Wildman–Crippen LogP) is 2.36. The average Bonchev–Trinajstić information content (AvgIpc) is 2.59. The molecule has 0 unspecified atom stereocenters. The van der Waals surface area contributed by atoms with Crippen molar-refractivity contribution in [3.05, 3.63) is 35.9 Å². The lowest BCUT2D eigenvalue weighted by Crippen LogP contribution is -2.64. The molecule has 2 atom stereocenters. The van der Waals surface area contributed by atoms with Gasteiger partial charge in [-0.1, -0.05) is 30.3 Å². The van der Waals surface area contributed by atoms with Crippen molar-refractivity contribution in [1.82, 2.24) is 10.2 Å². The predicted molar refractivity (Wildman–Crippen MR) is 79.9 cm³/mol. The molecule has 20 heavy (non-hydrogen) atoms. The fraction of sp³-hybridized carbons (Fsp3) is 0.467. The van der Waals surface area contributed by atoms with Gasteiger partial charge in [-0.25, -0.2) is 4.79 Å². The first-order valence-electron chi connectivity index (χ1n) is 6.72. The molecular formula is C15H18N2O2S. The van der Waals surface area contributed by atoms with E-state index in [1.165, 1.54) is 0 Å². The van der Waals surface area contributed by atoms with Crippen molar-refractivity contribution >= 4 is 23.3 Å².